The Morgan fingerprint density at radius 1 is 1.22 bits per heavy atom. The number of hydrogen-bond donors (Lipinski definition) is 3. The van der Waals surface area contributed by atoms with E-state index in [9.17, 15) is 0 Å². The summed E-state index contributed by atoms with van der Waals surface area (Å²) in [7, 11) is 0. The van der Waals surface area contributed by atoms with E-state index in [0.29, 0.717) is 5.82 Å². The maximum Gasteiger partial charge on any atom is 0.148 e. The molecule has 5 nitrogen and oxygen atoms in total. The van der Waals surface area contributed by atoms with Gasteiger partial charge in [-0.15, -0.1) is 11.3 Å². The highest BCUT2D eigenvalue weighted by molar-refractivity contribution is 7.12. The lowest BCUT2D eigenvalue weighted by molar-refractivity contribution is 1.06. The zero-order chi connectivity index (χ0) is 13.0. The van der Waals surface area contributed by atoms with Gasteiger partial charge in [-0.25, -0.2) is 15.8 Å². The fraction of sp³-hybridized carbons (Fsp3) is 0.333. The minimum Gasteiger partial charge on any atom is -0.365 e. The van der Waals surface area contributed by atoms with Crippen molar-refractivity contribution in [1.82, 2.24) is 9.97 Å². The molecule has 0 radical (unpaired) electrons. The van der Waals surface area contributed by atoms with Gasteiger partial charge in [0.25, 0.3) is 0 Å². The first kappa shape index (κ1) is 12.8. The van der Waals surface area contributed by atoms with Crippen molar-refractivity contribution in [2.45, 2.75) is 26.8 Å². The Kier molecular flexibility index (Phi) is 4.11. The summed E-state index contributed by atoms with van der Waals surface area (Å²) in [6.45, 7) is 4.87. The molecular weight excluding hydrogens is 246 g/mol. The number of rotatable bonds is 5. The van der Waals surface area contributed by atoms with Crippen LogP contribution in [0, 0.1) is 6.92 Å². The van der Waals surface area contributed by atoms with Crippen molar-refractivity contribution in [1.29, 1.82) is 0 Å². The molecule has 0 saturated heterocycles. The summed E-state index contributed by atoms with van der Waals surface area (Å²) >= 11 is 1.82. The first-order valence-corrected chi connectivity index (χ1v) is 6.66. The number of anilines is 2. The molecule has 0 bridgehead atoms. The van der Waals surface area contributed by atoms with Gasteiger partial charge in [-0.3, -0.25) is 0 Å². The molecule has 0 aliphatic rings. The van der Waals surface area contributed by atoms with Crippen molar-refractivity contribution in [2.75, 3.05) is 10.7 Å². The summed E-state index contributed by atoms with van der Waals surface area (Å²) in [6.07, 6.45) is 2.58. The third-order valence-corrected chi connectivity index (χ3v) is 3.95. The number of aryl methyl sites for hydroxylation is 1. The van der Waals surface area contributed by atoms with Gasteiger partial charge in [0.2, 0.25) is 0 Å². The molecule has 0 unspecified atom stereocenters. The van der Waals surface area contributed by atoms with Crippen LogP contribution in [0.15, 0.2) is 18.5 Å². The second-order valence-electron chi connectivity index (χ2n) is 3.92. The minimum atomic E-state index is 0.646. The van der Waals surface area contributed by atoms with Gasteiger partial charge in [-0.2, -0.15) is 0 Å². The molecule has 0 aromatic carbocycles. The highest BCUT2D eigenvalue weighted by Crippen LogP contribution is 2.21. The van der Waals surface area contributed by atoms with Crippen LogP contribution in [0.3, 0.4) is 0 Å². The lowest BCUT2D eigenvalue weighted by Crippen LogP contribution is -2.12. The summed E-state index contributed by atoms with van der Waals surface area (Å²) in [5.74, 6) is 6.84. The summed E-state index contributed by atoms with van der Waals surface area (Å²) in [6, 6.07) is 4.32. The van der Waals surface area contributed by atoms with Crippen LogP contribution in [0.4, 0.5) is 11.6 Å². The van der Waals surface area contributed by atoms with Crippen LogP contribution in [0.1, 0.15) is 22.2 Å². The Morgan fingerprint density at radius 3 is 2.61 bits per heavy atom. The summed E-state index contributed by atoms with van der Waals surface area (Å²) in [5.41, 5.74) is 3.48. The second kappa shape index (κ2) is 5.79. The fourth-order valence-corrected chi connectivity index (χ4v) is 2.55. The van der Waals surface area contributed by atoms with Crippen molar-refractivity contribution in [3.8, 4) is 0 Å². The Balaban J connectivity index is 2.06. The SMILES string of the molecule is CCc1ccc(CNc2ncnc(NN)c2C)s1. The van der Waals surface area contributed by atoms with Gasteiger partial charge in [-0.05, 0) is 25.5 Å². The average molecular weight is 263 g/mol. The molecule has 96 valence electrons. The van der Waals surface area contributed by atoms with E-state index in [2.05, 4.69) is 39.8 Å². The highest BCUT2D eigenvalue weighted by atomic mass is 32.1. The normalized spacial score (nSPS) is 10.4. The smallest absolute Gasteiger partial charge is 0.148 e. The van der Waals surface area contributed by atoms with Crippen molar-refractivity contribution in [3.05, 3.63) is 33.8 Å². The second-order valence-corrected chi connectivity index (χ2v) is 5.17. The molecular formula is C12H17N5S. The monoisotopic (exact) mass is 263 g/mol. The van der Waals surface area contributed by atoms with Crippen LogP contribution in [0.5, 0.6) is 0 Å². The van der Waals surface area contributed by atoms with Gasteiger partial charge in [0.05, 0.1) is 6.54 Å². The third kappa shape index (κ3) is 2.77. The highest BCUT2D eigenvalue weighted by Gasteiger charge is 2.06. The van der Waals surface area contributed by atoms with Crippen molar-refractivity contribution in [2.24, 2.45) is 5.84 Å². The quantitative estimate of drug-likeness (QED) is 0.570. The summed E-state index contributed by atoms with van der Waals surface area (Å²) in [4.78, 5) is 11.0. The van der Waals surface area contributed by atoms with Crippen LogP contribution < -0.4 is 16.6 Å². The van der Waals surface area contributed by atoms with Crippen molar-refractivity contribution < 1.29 is 0 Å². The first-order valence-electron chi connectivity index (χ1n) is 5.84. The van der Waals surface area contributed by atoms with Crippen molar-refractivity contribution >= 4 is 23.0 Å². The number of nitrogens with one attached hydrogen (secondary N) is 2. The number of hydrazine groups is 1. The van der Waals surface area contributed by atoms with E-state index < -0.39 is 0 Å². The lowest BCUT2D eigenvalue weighted by atomic mass is 10.3. The van der Waals surface area contributed by atoms with E-state index in [1.54, 1.807) is 0 Å². The number of thiophene rings is 1. The molecule has 2 rings (SSSR count). The van der Waals surface area contributed by atoms with Gasteiger partial charge in [0, 0.05) is 15.3 Å². The molecule has 2 aromatic rings. The van der Waals surface area contributed by atoms with Crippen LogP contribution in [0.2, 0.25) is 0 Å². The maximum atomic E-state index is 5.38. The van der Waals surface area contributed by atoms with E-state index in [4.69, 9.17) is 5.84 Å². The molecule has 0 atom stereocenters. The van der Waals surface area contributed by atoms with E-state index in [-0.39, 0.29) is 0 Å². The van der Waals surface area contributed by atoms with Gasteiger partial charge >= 0.3 is 0 Å². The maximum absolute atomic E-state index is 5.38. The molecule has 0 aliphatic heterocycles. The fourth-order valence-electron chi connectivity index (χ4n) is 1.65. The van der Waals surface area contributed by atoms with Gasteiger partial charge in [0.15, 0.2) is 0 Å². The zero-order valence-electron chi connectivity index (χ0n) is 10.5. The first-order chi connectivity index (χ1) is 8.74. The van der Waals surface area contributed by atoms with Crippen LogP contribution in [-0.4, -0.2) is 9.97 Å². The minimum absolute atomic E-state index is 0.646. The largest absolute Gasteiger partial charge is 0.365 e. The number of nitrogens with zero attached hydrogens (tertiary/aromatic N) is 2. The predicted octanol–water partition coefficient (Wildman–Crippen LogP) is 2.31. The Bertz CT molecular complexity index is 523. The number of hydrogen-bond acceptors (Lipinski definition) is 6. The molecule has 2 aromatic heterocycles. The van der Waals surface area contributed by atoms with Crippen molar-refractivity contribution in [3.63, 3.8) is 0 Å². The molecule has 0 amide bonds. The molecule has 0 aliphatic carbocycles. The van der Waals surface area contributed by atoms with E-state index >= 15 is 0 Å². The number of nitrogen functional groups attached to an aromatic ring is 1. The van der Waals surface area contributed by atoms with Gasteiger partial charge in [0.1, 0.15) is 18.0 Å². The molecule has 18 heavy (non-hydrogen) atoms. The molecule has 4 N–H and O–H groups in total. The van der Waals surface area contributed by atoms with E-state index in [1.165, 1.54) is 16.1 Å². The van der Waals surface area contributed by atoms with Crippen LogP contribution >= 0.6 is 11.3 Å². The Labute approximate surface area is 110 Å². The Hall–Kier alpha value is -1.66. The van der Waals surface area contributed by atoms with Crippen LogP contribution in [-0.2, 0) is 13.0 Å². The van der Waals surface area contributed by atoms with Gasteiger partial charge < -0.3 is 10.7 Å². The zero-order valence-corrected chi connectivity index (χ0v) is 11.3. The summed E-state index contributed by atoms with van der Waals surface area (Å²) < 4.78 is 0. The third-order valence-electron chi connectivity index (χ3n) is 2.72. The number of nitrogens with two attached hydrogens (primary N) is 1. The standard InChI is InChI=1S/C12H17N5S/c1-3-9-4-5-10(18-9)6-14-11-8(2)12(17-13)16-7-15-11/h4-5,7H,3,6,13H2,1-2H3,(H2,14,15,16,17). The van der Waals surface area contributed by atoms with Gasteiger partial charge in [-0.1, -0.05) is 6.92 Å². The van der Waals surface area contributed by atoms with Crippen LogP contribution in [0.25, 0.3) is 0 Å². The molecule has 0 fully saturated rings. The lowest BCUT2D eigenvalue weighted by Gasteiger charge is -2.09. The Morgan fingerprint density at radius 2 is 1.94 bits per heavy atom. The van der Waals surface area contributed by atoms with E-state index in [1.807, 2.05) is 18.3 Å². The average Bonchev–Trinajstić information content (AvgIpc) is 2.85. The predicted molar refractivity (Wildman–Crippen MR) is 75.6 cm³/mol. The topological polar surface area (TPSA) is 75.9 Å². The molecule has 0 spiro atoms. The van der Waals surface area contributed by atoms with E-state index in [0.717, 1.165) is 24.3 Å². The number of aromatic nitrogens is 2. The summed E-state index contributed by atoms with van der Waals surface area (Å²) in [5, 5.41) is 3.31. The molecule has 6 heteroatoms. The molecule has 0 saturated carbocycles. The molecule has 2 heterocycles.